The van der Waals surface area contributed by atoms with E-state index in [0.29, 0.717) is 32.6 Å². The standard InChI is InChI=1S/C15H21FN2O2.ClH/c1-17-8-9-18-14(19)15(6-10-20-11-7-15)12-2-4-13(16)5-3-12;/h2-5,17H,6-11H2,1H3,(H,18,19);1H. The first-order chi connectivity index (χ1) is 9.69. The fraction of sp³-hybridized carbons (Fsp3) is 0.533. The molecule has 0 aliphatic carbocycles. The second-order valence-corrected chi connectivity index (χ2v) is 5.06. The lowest BCUT2D eigenvalue weighted by Gasteiger charge is -2.36. The molecule has 1 aliphatic heterocycles. The summed E-state index contributed by atoms with van der Waals surface area (Å²) in [5.41, 5.74) is 0.267. The predicted molar refractivity (Wildman–Crippen MR) is 82.3 cm³/mol. The molecule has 4 nitrogen and oxygen atoms in total. The van der Waals surface area contributed by atoms with Crippen molar-refractivity contribution >= 4 is 18.3 Å². The summed E-state index contributed by atoms with van der Waals surface area (Å²) in [5, 5.41) is 5.95. The van der Waals surface area contributed by atoms with Crippen LogP contribution in [0, 0.1) is 5.82 Å². The quantitative estimate of drug-likeness (QED) is 0.812. The summed E-state index contributed by atoms with van der Waals surface area (Å²) in [6, 6.07) is 6.23. The predicted octanol–water partition coefficient (Wildman–Crippen LogP) is 1.63. The fourth-order valence-electron chi connectivity index (χ4n) is 2.61. The third-order valence-electron chi connectivity index (χ3n) is 3.84. The van der Waals surface area contributed by atoms with Crippen molar-refractivity contribution in [3.8, 4) is 0 Å². The Bertz CT molecular complexity index is 447. The van der Waals surface area contributed by atoms with Gasteiger partial charge in [-0.3, -0.25) is 4.79 Å². The summed E-state index contributed by atoms with van der Waals surface area (Å²) in [6.45, 7) is 2.41. The van der Waals surface area contributed by atoms with Gasteiger partial charge >= 0.3 is 0 Å². The lowest BCUT2D eigenvalue weighted by atomic mass is 9.73. The monoisotopic (exact) mass is 316 g/mol. The summed E-state index contributed by atoms with van der Waals surface area (Å²) >= 11 is 0. The minimum atomic E-state index is -0.598. The molecule has 21 heavy (non-hydrogen) atoms. The molecule has 0 bridgehead atoms. The van der Waals surface area contributed by atoms with E-state index >= 15 is 0 Å². The first kappa shape index (κ1) is 17.9. The van der Waals surface area contributed by atoms with Gasteiger partial charge in [-0.1, -0.05) is 12.1 Å². The molecule has 118 valence electrons. The number of ether oxygens (including phenoxy) is 1. The first-order valence-corrected chi connectivity index (χ1v) is 6.96. The van der Waals surface area contributed by atoms with Crippen LogP contribution in [-0.4, -0.2) is 39.3 Å². The average Bonchev–Trinajstić information content (AvgIpc) is 2.49. The third-order valence-corrected chi connectivity index (χ3v) is 3.84. The number of nitrogens with one attached hydrogen (secondary N) is 2. The molecule has 0 unspecified atom stereocenters. The Hall–Kier alpha value is -1.17. The maximum atomic E-state index is 13.1. The zero-order valence-corrected chi connectivity index (χ0v) is 13.0. The smallest absolute Gasteiger partial charge is 0.230 e. The van der Waals surface area contributed by atoms with Crippen LogP contribution in [0.5, 0.6) is 0 Å². The number of hydrogen-bond acceptors (Lipinski definition) is 3. The summed E-state index contributed by atoms with van der Waals surface area (Å²) < 4.78 is 18.5. The number of amides is 1. The van der Waals surface area contributed by atoms with Crippen LogP contribution in [0.4, 0.5) is 4.39 Å². The molecule has 2 rings (SSSR count). The van der Waals surface area contributed by atoms with Gasteiger partial charge in [0, 0.05) is 26.3 Å². The molecule has 0 radical (unpaired) electrons. The van der Waals surface area contributed by atoms with Gasteiger partial charge in [0.1, 0.15) is 5.82 Å². The molecule has 0 spiro atoms. The van der Waals surface area contributed by atoms with Crippen molar-refractivity contribution < 1.29 is 13.9 Å². The number of carbonyl (C=O) groups excluding carboxylic acids is 1. The van der Waals surface area contributed by atoms with E-state index in [1.165, 1.54) is 12.1 Å². The second kappa shape index (κ2) is 8.32. The molecular weight excluding hydrogens is 295 g/mol. The van der Waals surface area contributed by atoms with Gasteiger partial charge in [0.15, 0.2) is 0 Å². The summed E-state index contributed by atoms with van der Waals surface area (Å²) in [6.07, 6.45) is 1.26. The van der Waals surface area contributed by atoms with Gasteiger partial charge in [0.25, 0.3) is 0 Å². The van der Waals surface area contributed by atoms with E-state index in [2.05, 4.69) is 10.6 Å². The van der Waals surface area contributed by atoms with Gasteiger partial charge in [-0.2, -0.15) is 0 Å². The van der Waals surface area contributed by atoms with Crippen LogP contribution in [0.15, 0.2) is 24.3 Å². The van der Waals surface area contributed by atoms with E-state index in [9.17, 15) is 9.18 Å². The number of carbonyl (C=O) groups is 1. The van der Waals surface area contributed by atoms with E-state index < -0.39 is 5.41 Å². The van der Waals surface area contributed by atoms with Crippen LogP contribution >= 0.6 is 12.4 Å². The van der Waals surface area contributed by atoms with Gasteiger partial charge in [-0.15, -0.1) is 12.4 Å². The first-order valence-electron chi connectivity index (χ1n) is 6.96. The molecule has 0 aromatic heterocycles. The van der Waals surface area contributed by atoms with E-state index in [1.807, 2.05) is 7.05 Å². The number of likely N-dealkylation sites (N-methyl/N-ethyl adjacent to an activating group) is 1. The van der Waals surface area contributed by atoms with Crippen molar-refractivity contribution in [1.29, 1.82) is 0 Å². The Kier molecular flexibility index (Phi) is 7.08. The van der Waals surface area contributed by atoms with Crippen molar-refractivity contribution in [2.45, 2.75) is 18.3 Å². The third kappa shape index (κ3) is 4.15. The fourth-order valence-corrected chi connectivity index (χ4v) is 2.61. The van der Waals surface area contributed by atoms with Crippen LogP contribution < -0.4 is 10.6 Å². The molecule has 1 aromatic rings. The topological polar surface area (TPSA) is 50.4 Å². The van der Waals surface area contributed by atoms with Crippen LogP contribution in [0.1, 0.15) is 18.4 Å². The number of hydrogen-bond donors (Lipinski definition) is 2. The number of rotatable bonds is 5. The van der Waals surface area contributed by atoms with Crippen LogP contribution in [0.25, 0.3) is 0 Å². The molecule has 1 amide bonds. The Morgan fingerprint density at radius 3 is 2.43 bits per heavy atom. The highest BCUT2D eigenvalue weighted by Crippen LogP contribution is 2.35. The second-order valence-electron chi connectivity index (χ2n) is 5.06. The maximum Gasteiger partial charge on any atom is 0.230 e. The molecule has 1 saturated heterocycles. The molecule has 1 aliphatic rings. The SMILES string of the molecule is CNCCNC(=O)C1(c2ccc(F)cc2)CCOCC1.Cl. The minimum Gasteiger partial charge on any atom is -0.381 e. The largest absolute Gasteiger partial charge is 0.381 e. The van der Waals surface area contributed by atoms with Gasteiger partial charge in [0.05, 0.1) is 5.41 Å². The lowest BCUT2D eigenvalue weighted by molar-refractivity contribution is -0.130. The highest BCUT2D eigenvalue weighted by atomic mass is 35.5. The summed E-state index contributed by atoms with van der Waals surface area (Å²) in [4.78, 5) is 12.6. The molecule has 0 saturated carbocycles. The zero-order chi connectivity index (χ0) is 14.4. The highest BCUT2D eigenvalue weighted by Gasteiger charge is 2.41. The summed E-state index contributed by atoms with van der Waals surface area (Å²) in [5.74, 6) is -0.283. The Morgan fingerprint density at radius 1 is 1.24 bits per heavy atom. The normalized spacial score (nSPS) is 16.9. The van der Waals surface area contributed by atoms with Gasteiger partial charge in [0.2, 0.25) is 5.91 Å². The molecule has 0 atom stereocenters. The Balaban J connectivity index is 0.00000220. The van der Waals surface area contributed by atoms with Crippen molar-refractivity contribution in [3.05, 3.63) is 35.6 Å². The lowest BCUT2D eigenvalue weighted by Crippen LogP contribution is -2.49. The van der Waals surface area contributed by atoms with Crippen LogP contribution in [0.2, 0.25) is 0 Å². The molecule has 1 aromatic carbocycles. The molecule has 2 N–H and O–H groups in total. The van der Waals surface area contributed by atoms with Gasteiger partial charge < -0.3 is 15.4 Å². The van der Waals surface area contributed by atoms with E-state index in [-0.39, 0.29) is 24.1 Å². The van der Waals surface area contributed by atoms with Gasteiger partial charge in [-0.25, -0.2) is 4.39 Å². The van der Waals surface area contributed by atoms with E-state index in [1.54, 1.807) is 12.1 Å². The molecular formula is C15H22ClFN2O2. The summed E-state index contributed by atoms with van der Waals surface area (Å²) in [7, 11) is 1.84. The minimum absolute atomic E-state index is 0. The van der Waals surface area contributed by atoms with Crippen molar-refractivity contribution in [3.63, 3.8) is 0 Å². The Labute approximate surface area is 130 Å². The zero-order valence-electron chi connectivity index (χ0n) is 12.2. The van der Waals surface area contributed by atoms with E-state index in [0.717, 1.165) is 12.1 Å². The van der Waals surface area contributed by atoms with Crippen molar-refractivity contribution in [2.75, 3.05) is 33.4 Å². The van der Waals surface area contributed by atoms with Crippen molar-refractivity contribution in [2.24, 2.45) is 0 Å². The van der Waals surface area contributed by atoms with Crippen LogP contribution in [-0.2, 0) is 14.9 Å². The van der Waals surface area contributed by atoms with Crippen LogP contribution in [0.3, 0.4) is 0 Å². The molecule has 1 heterocycles. The molecule has 1 fully saturated rings. The maximum absolute atomic E-state index is 13.1. The Morgan fingerprint density at radius 2 is 1.86 bits per heavy atom. The van der Waals surface area contributed by atoms with Crippen molar-refractivity contribution in [1.82, 2.24) is 10.6 Å². The molecule has 6 heteroatoms. The van der Waals surface area contributed by atoms with E-state index in [4.69, 9.17) is 4.74 Å². The highest BCUT2D eigenvalue weighted by molar-refractivity contribution is 5.88. The van der Waals surface area contributed by atoms with Gasteiger partial charge in [-0.05, 0) is 37.6 Å². The number of benzene rings is 1. The average molecular weight is 317 g/mol. The number of halogens is 2.